The van der Waals surface area contributed by atoms with E-state index in [4.69, 9.17) is 11.2 Å². The second-order valence-electron chi connectivity index (χ2n) is 7.31. The number of likely N-dealkylation sites (tertiary alicyclic amines) is 1. The first-order chi connectivity index (χ1) is 14.1. The molecule has 1 aromatic heterocycles. The third-order valence-electron chi connectivity index (χ3n) is 5.09. The highest BCUT2D eigenvalue weighted by atomic mass is 32.1. The summed E-state index contributed by atoms with van der Waals surface area (Å²) in [6, 6.07) is 3.30. The third-order valence-corrected chi connectivity index (χ3v) is 5.86. The van der Waals surface area contributed by atoms with Crippen molar-refractivity contribution < 1.29 is 22.7 Å². The number of benzene rings is 1. The number of aromatic nitrogens is 1. The molecular formula is C21H22F3N3O2S. The molecule has 1 fully saturated rings. The van der Waals surface area contributed by atoms with Crippen molar-refractivity contribution in [3.63, 3.8) is 0 Å². The molecule has 0 N–H and O–H groups in total. The molecule has 1 aliphatic heterocycles. The van der Waals surface area contributed by atoms with Crippen molar-refractivity contribution in [3.05, 3.63) is 39.8 Å². The predicted octanol–water partition coefficient (Wildman–Crippen LogP) is 4.28. The summed E-state index contributed by atoms with van der Waals surface area (Å²) in [7, 11) is 1.29. The van der Waals surface area contributed by atoms with Gasteiger partial charge in [-0.1, -0.05) is 0 Å². The van der Waals surface area contributed by atoms with Crippen LogP contribution in [-0.2, 0) is 6.18 Å². The molecule has 0 radical (unpaired) electrons. The van der Waals surface area contributed by atoms with E-state index >= 15 is 0 Å². The molecule has 1 amide bonds. The zero-order valence-electron chi connectivity index (χ0n) is 16.9. The molecule has 0 saturated carbocycles. The van der Waals surface area contributed by atoms with E-state index in [1.807, 2.05) is 13.8 Å². The largest absolute Gasteiger partial charge is 0.497 e. The molecular weight excluding hydrogens is 415 g/mol. The number of thiazole rings is 1. The van der Waals surface area contributed by atoms with Crippen LogP contribution < -0.4 is 9.64 Å². The number of carbonyl (C=O) groups is 1. The van der Waals surface area contributed by atoms with Crippen LogP contribution in [0, 0.1) is 12.3 Å². The van der Waals surface area contributed by atoms with Gasteiger partial charge in [-0.3, -0.25) is 9.69 Å². The molecule has 0 unspecified atom stereocenters. The van der Waals surface area contributed by atoms with Crippen LogP contribution in [0.5, 0.6) is 5.75 Å². The molecule has 30 heavy (non-hydrogen) atoms. The Balaban J connectivity index is 2.08. The summed E-state index contributed by atoms with van der Waals surface area (Å²) in [6.45, 7) is 5.38. The van der Waals surface area contributed by atoms with Crippen molar-refractivity contribution >= 4 is 22.9 Å². The lowest BCUT2D eigenvalue weighted by atomic mass is 10.1. The number of amides is 1. The highest BCUT2D eigenvalue weighted by Crippen LogP contribution is 2.37. The van der Waals surface area contributed by atoms with E-state index in [0.29, 0.717) is 18.0 Å². The van der Waals surface area contributed by atoms with Gasteiger partial charge >= 0.3 is 6.18 Å². The number of methoxy groups -OCH3 is 1. The van der Waals surface area contributed by atoms with Crippen molar-refractivity contribution in [3.8, 4) is 18.1 Å². The van der Waals surface area contributed by atoms with Crippen LogP contribution in [0.15, 0.2) is 23.6 Å². The molecule has 0 bridgehead atoms. The summed E-state index contributed by atoms with van der Waals surface area (Å²) in [6.07, 6.45) is 1.41. The molecule has 0 spiro atoms. The quantitative estimate of drug-likeness (QED) is 0.655. The van der Waals surface area contributed by atoms with Gasteiger partial charge in [-0.2, -0.15) is 13.2 Å². The number of rotatable bonds is 5. The summed E-state index contributed by atoms with van der Waals surface area (Å²) >= 11 is 1.14. The van der Waals surface area contributed by atoms with Gasteiger partial charge in [-0.05, 0) is 38.3 Å². The van der Waals surface area contributed by atoms with Gasteiger partial charge in [0.25, 0.3) is 5.91 Å². The van der Waals surface area contributed by atoms with Crippen molar-refractivity contribution in [1.29, 1.82) is 0 Å². The molecule has 5 nitrogen and oxygen atoms in total. The van der Waals surface area contributed by atoms with E-state index in [1.165, 1.54) is 23.5 Å². The first-order valence-corrected chi connectivity index (χ1v) is 10.3. The fourth-order valence-corrected chi connectivity index (χ4v) is 4.10. The highest BCUT2D eigenvalue weighted by molar-refractivity contribution is 7.10. The van der Waals surface area contributed by atoms with Gasteiger partial charge < -0.3 is 9.64 Å². The summed E-state index contributed by atoms with van der Waals surface area (Å²) in [5, 5.41) is 1.88. The first kappa shape index (κ1) is 22.1. The standard InChI is InChI=1S/C21H22F3N3O2S/c1-5-19-25-18(12-30-19)20(28)27(15-6-7-26(11-15)13(2)3)16-8-14(21(22,23)24)9-17(10-16)29-4/h1,8-10,12-13,15H,6-7,11H2,2-4H3/t15-/m1/s1. The molecule has 1 aliphatic rings. The molecule has 0 aliphatic carbocycles. The Bertz CT molecular complexity index is 965. The van der Waals surface area contributed by atoms with E-state index in [1.54, 1.807) is 0 Å². The Kier molecular flexibility index (Phi) is 6.38. The SMILES string of the molecule is C#Cc1nc(C(=O)N(c2cc(OC)cc(C(F)(F)F)c2)[C@@H]2CCN(C(C)C)C2)cs1. The second-order valence-corrected chi connectivity index (χ2v) is 8.16. The van der Waals surface area contributed by atoms with Crippen LogP contribution in [0.4, 0.5) is 18.9 Å². The van der Waals surface area contributed by atoms with Crippen molar-refractivity contribution in [2.24, 2.45) is 0 Å². The van der Waals surface area contributed by atoms with E-state index in [-0.39, 0.29) is 29.2 Å². The smallest absolute Gasteiger partial charge is 0.416 e. The average molecular weight is 437 g/mol. The lowest BCUT2D eigenvalue weighted by Crippen LogP contribution is -2.43. The average Bonchev–Trinajstić information content (AvgIpc) is 3.37. The molecule has 9 heteroatoms. The fourth-order valence-electron chi connectivity index (χ4n) is 3.51. The Morgan fingerprint density at radius 1 is 1.40 bits per heavy atom. The molecule has 160 valence electrons. The van der Waals surface area contributed by atoms with Crippen LogP contribution in [-0.4, -0.2) is 48.1 Å². The van der Waals surface area contributed by atoms with Crippen LogP contribution in [0.1, 0.15) is 41.3 Å². The summed E-state index contributed by atoms with van der Waals surface area (Å²) in [5.74, 6) is 1.92. The van der Waals surface area contributed by atoms with Crippen LogP contribution in [0.3, 0.4) is 0 Å². The zero-order chi connectivity index (χ0) is 22.1. The Morgan fingerprint density at radius 3 is 2.67 bits per heavy atom. The van der Waals surface area contributed by atoms with Gasteiger partial charge in [0.2, 0.25) is 0 Å². The number of ether oxygens (including phenoxy) is 1. The van der Waals surface area contributed by atoms with Crippen molar-refractivity contribution in [2.45, 2.75) is 38.5 Å². The molecule has 2 heterocycles. The monoisotopic (exact) mass is 437 g/mol. The lowest BCUT2D eigenvalue weighted by molar-refractivity contribution is -0.137. The van der Waals surface area contributed by atoms with Gasteiger partial charge in [0.15, 0.2) is 5.01 Å². The minimum Gasteiger partial charge on any atom is -0.497 e. The molecule has 1 atom stereocenters. The number of carbonyl (C=O) groups excluding carboxylic acids is 1. The normalized spacial score (nSPS) is 17.2. The molecule has 3 rings (SSSR count). The predicted molar refractivity (Wildman–Crippen MR) is 110 cm³/mol. The minimum atomic E-state index is -4.57. The second kappa shape index (κ2) is 8.66. The van der Waals surface area contributed by atoms with Gasteiger partial charge in [-0.25, -0.2) is 4.98 Å². The molecule has 1 saturated heterocycles. The van der Waals surface area contributed by atoms with Crippen molar-refractivity contribution in [2.75, 3.05) is 25.1 Å². The molecule has 2 aromatic rings. The van der Waals surface area contributed by atoms with Gasteiger partial charge in [0.1, 0.15) is 11.4 Å². The topological polar surface area (TPSA) is 45.7 Å². The number of terminal acetylenes is 1. The maximum absolute atomic E-state index is 13.5. The van der Waals surface area contributed by atoms with Gasteiger partial charge in [0, 0.05) is 36.3 Å². The maximum Gasteiger partial charge on any atom is 0.416 e. The summed E-state index contributed by atoms with van der Waals surface area (Å²) in [5.41, 5.74) is -0.638. The van der Waals surface area contributed by atoms with E-state index in [9.17, 15) is 18.0 Å². The Morgan fingerprint density at radius 2 is 2.13 bits per heavy atom. The fraction of sp³-hybridized carbons (Fsp3) is 0.429. The Labute approximate surface area is 177 Å². The zero-order valence-corrected chi connectivity index (χ0v) is 17.7. The Hall–Kier alpha value is -2.57. The van der Waals surface area contributed by atoms with Crippen LogP contribution in [0.2, 0.25) is 0 Å². The van der Waals surface area contributed by atoms with E-state index in [2.05, 4.69) is 15.8 Å². The number of anilines is 1. The minimum absolute atomic E-state index is 0.0268. The third kappa shape index (κ3) is 4.60. The van der Waals surface area contributed by atoms with E-state index in [0.717, 1.165) is 30.0 Å². The van der Waals surface area contributed by atoms with Crippen molar-refractivity contribution in [1.82, 2.24) is 9.88 Å². The number of hydrogen-bond acceptors (Lipinski definition) is 5. The number of halogens is 3. The van der Waals surface area contributed by atoms with Gasteiger partial charge in [-0.15, -0.1) is 17.8 Å². The number of alkyl halides is 3. The first-order valence-electron chi connectivity index (χ1n) is 9.40. The highest BCUT2D eigenvalue weighted by Gasteiger charge is 2.37. The summed E-state index contributed by atoms with van der Waals surface area (Å²) < 4.78 is 45.5. The maximum atomic E-state index is 13.5. The molecule has 1 aromatic carbocycles. The number of nitrogens with zero attached hydrogens (tertiary/aromatic N) is 3. The van der Waals surface area contributed by atoms with E-state index < -0.39 is 17.6 Å². The van der Waals surface area contributed by atoms with Crippen LogP contribution >= 0.6 is 11.3 Å². The van der Waals surface area contributed by atoms with Crippen LogP contribution in [0.25, 0.3) is 0 Å². The summed E-state index contributed by atoms with van der Waals surface area (Å²) in [4.78, 5) is 21.1. The lowest BCUT2D eigenvalue weighted by Gasteiger charge is -2.30. The number of hydrogen-bond donors (Lipinski definition) is 0. The van der Waals surface area contributed by atoms with Gasteiger partial charge in [0.05, 0.1) is 18.7 Å².